The van der Waals surface area contributed by atoms with E-state index in [-0.39, 0.29) is 5.75 Å². The van der Waals surface area contributed by atoms with Gasteiger partial charge in [-0.1, -0.05) is 18.7 Å². The van der Waals surface area contributed by atoms with Crippen LogP contribution in [0.1, 0.15) is 30.2 Å². The van der Waals surface area contributed by atoms with Crippen molar-refractivity contribution in [3.05, 3.63) is 22.9 Å². The fraction of sp³-hybridized carbons (Fsp3) is 0.462. The predicted octanol–water partition coefficient (Wildman–Crippen LogP) is 1.66. The third-order valence-corrected chi connectivity index (χ3v) is 4.08. The summed E-state index contributed by atoms with van der Waals surface area (Å²) in [4.78, 5) is 15.3. The number of hydrogen-bond acceptors (Lipinski definition) is 4. The molecule has 1 aromatic heterocycles. The normalized spacial score (nSPS) is 17.9. The molecule has 1 atom stereocenters. The second kappa shape index (κ2) is 5.40. The van der Waals surface area contributed by atoms with Crippen LogP contribution in [0.3, 0.4) is 0 Å². The molecule has 0 aliphatic heterocycles. The number of thioether (sulfide) groups is 1. The summed E-state index contributed by atoms with van der Waals surface area (Å²) in [5.41, 5.74) is 7.91. The van der Waals surface area contributed by atoms with Gasteiger partial charge in [-0.3, -0.25) is 4.79 Å². The van der Waals surface area contributed by atoms with E-state index < -0.39 is 5.91 Å². The zero-order valence-corrected chi connectivity index (χ0v) is 11.1. The summed E-state index contributed by atoms with van der Waals surface area (Å²) in [5.74, 6) is 0.420. The lowest BCUT2D eigenvalue weighted by Gasteiger charge is -2.21. The smallest absolute Gasteiger partial charge is 0.227 e. The first-order chi connectivity index (χ1) is 8.60. The van der Waals surface area contributed by atoms with Crippen molar-refractivity contribution in [1.82, 2.24) is 4.98 Å². The molecule has 1 aliphatic rings. The van der Waals surface area contributed by atoms with Crippen molar-refractivity contribution >= 4 is 17.7 Å². The Kier molecular flexibility index (Phi) is 3.87. The van der Waals surface area contributed by atoms with Crippen LogP contribution in [0.5, 0.6) is 0 Å². The number of carbonyl (C=O) groups is 1. The predicted molar refractivity (Wildman–Crippen MR) is 70.1 cm³/mol. The Balaban J connectivity index is 2.30. The van der Waals surface area contributed by atoms with Gasteiger partial charge >= 0.3 is 0 Å². The zero-order valence-electron chi connectivity index (χ0n) is 10.3. The maximum Gasteiger partial charge on any atom is 0.227 e. The highest BCUT2D eigenvalue weighted by atomic mass is 32.2. The summed E-state index contributed by atoms with van der Waals surface area (Å²) in [7, 11) is 0. The summed E-state index contributed by atoms with van der Waals surface area (Å²) >= 11 is 1.25. The maximum absolute atomic E-state index is 10.8. The topological polar surface area (TPSA) is 79.8 Å². The van der Waals surface area contributed by atoms with Crippen molar-refractivity contribution in [1.29, 1.82) is 5.26 Å². The number of nitriles is 1. The average molecular weight is 261 g/mol. The van der Waals surface area contributed by atoms with E-state index in [0.29, 0.717) is 16.5 Å². The lowest BCUT2D eigenvalue weighted by Crippen LogP contribution is -2.15. The van der Waals surface area contributed by atoms with E-state index in [1.807, 2.05) is 6.07 Å². The van der Waals surface area contributed by atoms with E-state index >= 15 is 0 Å². The van der Waals surface area contributed by atoms with Crippen LogP contribution in [0.25, 0.3) is 0 Å². The van der Waals surface area contributed by atoms with E-state index in [1.165, 1.54) is 17.3 Å². The quantitative estimate of drug-likeness (QED) is 0.839. The summed E-state index contributed by atoms with van der Waals surface area (Å²) in [6.45, 7) is 2.21. The summed E-state index contributed by atoms with van der Waals surface area (Å²) in [6, 6.07) is 4.07. The lowest BCUT2D eigenvalue weighted by molar-refractivity contribution is -0.115. The van der Waals surface area contributed by atoms with E-state index in [9.17, 15) is 4.79 Å². The lowest BCUT2D eigenvalue weighted by atomic mass is 9.87. The molecule has 0 spiro atoms. The number of carbonyl (C=O) groups excluding carboxylic acids is 1. The Morgan fingerprint density at radius 1 is 1.72 bits per heavy atom. The number of nitrogens with two attached hydrogens (primary N) is 1. The van der Waals surface area contributed by atoms with Gasteiger partial charge in [0.15, 0.2) is 0 Å². The molecule has 0 bridgehead atoms. The molecule has 1 unspecified atom stereocenters. The van der Waals surface area contributed by atoms with Gasteiger partial charge in [0.05, 0.1) is 11.3 Å². The van der Waals surface area contributed by atoms with Gasteiger partial charge in [-0.05, 0) is 36.8 Å². The highest BCUT2D eigenvalue weighted by Crippen LogP contribution is 2.29. The van der Waals surface area contributed by atoms with Gasteiger partial charge in [0.2, 0.25) is 5.91 Å². The molecule has 4 nitrogen and oxygen atoms in total. The highest BCUT2D eigenvalue weighted by Gasteiger charge is 2.19. The van der Waals surface area contributed by atoms with E-state index in [1.54, 1.807) is 0 Å². The van der Waals surface area contributed by atoms with Crippen LogP contribution in [0.15, 0.2) is 11.1 Å². The van der Waals surface area contributed by atoms with Crippen molar-refractivity contribution < 1.29 is 4.79 Å². The Morgan fingerprint density at radius 2 is 2.50 bits per heavy atom. The first-order valence-corrected chi connectivity index (χ1v) is 6.92. The number of aryl methyl sites for hydroxylation is 1. The summed E-state index contributed by atoms with van der Waals surface area (Å²) in [6.07, 6.45) is 3.07. The summed E-state index contributed by atoms with van der Waals surface area (Å²) < 4.78 is 0. The first-order valence-electron chi connectivity index (χ1n) is 5.94. The molecule has 2 N–H and O–H groups in total. The minimum absolute atomic E-state index is 0.164. The molecular weight excluding hydrogens is 246 g/mol. The molecule has 0 saturated carbocycles. The Bertz CT molecular complexity index is 522. The van der Waals surface area contributed by atoms with E-state index in [2.05, 4.69) is 18.0 Å². The fourth-order valence-electron chi connectivity index (χ4n) is 2.16. The van der Waals surface area contributed by atoms with Crippen LogP contribution in [0, 0.1) is 17.2 Å². The van der Waals surface area contributed by atoms with Gasteiger partial charge in [0.1, 0.15) is 11.1 Å². The third-order valence-electron chi connectivity index (χ3n) is 3.07. The Morgan fingerprint density at radius 3 is 3.17 bits per heavy atom. The minimum atomic E-state index is -0.392. The second-order valence-electron chi connectivity index (χ2n) is 4.66. The van der Waals surface area contributed by atoms with Crippen LogP contribution in [0.4, 0.5) is 0 Å². The molecule has 1 aliphatic carbocycles. The molecule has 0 radical (unpaired) electrons. The fourth-order valence-corrected chi connectivity index (χ4v) is 2.87. The molecule has 1 amide bonds. The van der Waals surface area contributed by atoms with Crippen molar-refractivity contribution in [3.63, 3.8) is 0 Å². The van der Waals surface area contributed by atoms with Crippen molar-refractivity contribution in [2.45, 2.75) is 31.2 Å². The second-order valence-corrected chi connectivity index (χ2v) is 5.63. The monoisotopic (exact) mass is 261 g/mol. The number of amides is 1. The molecule has 0 fully saturated rings. The van der Waals surface area contributed by atoms with E-state index in [0.717, 1.165) is 25.0 Å². The van der Waals surface area contributed by atoms with Crippen molar-refractivity contribution in [2.24, 2.45) is 11.7 Å². The van der Waals surface area contributed by atoms with Gasteiger partial charge in [-0.15, -0.1) is 0 Å². The molecule has 18 heavy (non-hydrogen) atoms. The van der Waals surface area contributed by atoms with Gasteiger partial charge < -0.3 is 5.73 Å². The molecule has 94 valence electrons. The van der Waals surface area contributed by atoms with Crippen molar-refractivity contribution in [2.75, 3.05) is 5.75 Å². The standard InChI is InChI=1S/C13H15N3OS/c1-8-2-3-11-9(4-8)5-10(6-14)13(16-11)18-7-12(15)17/h5,8H,2-4,7H2,1H3,(H2,15,17). The Labute approximate surface area is 111 Å². The van der Waals surface area contributed by atoms with Crippen molar-refractivity contribution in [3.8, 4) is 6.07 Å². The van der Waals surface area contributed by atoms with Crippen LogP contribution in [-0.2, 0) is 17.6 Å². The SMILES string of the molecule is CC1CCc2nc(SCC(N)=O)c(C#N)cc2C1. The number of rotatable bonds is 3. The van der Waals surface area contributed by atoms with E-state index in [4.69, 9.17) is 11.0 Å². The maximum atomic E-state index is 10.8. The third kappa shape index (κ3) is 2.82. The molecule has 0 saturated heterocycles. The minimum Gasteiger partial charge on any atom is -0.369 e. The summed E-state index contributed by atoms with van der Waals surface area (Å²) in [5, 5.41) is 9.76. The highest BCUT2D eigenvalue weighted by molar-refractivity contribution is 7.99. The number of fused-ring (bicyclic) bond motifs is 1. The Hall–Kier alpha value is -1.54. The van der Waals surface area contributed by atoms with Gasteiger partial charge in [-0.2, -0.15) is 5.26 Å². The molecule has 5 heteroatoms. The first kappa shape index (κ1) is 12.9. The largest absolute Gasteiger partial charge is 0.369 e. The van der Waals surface area contributed by atoms with Gasteiger partial charge in [0, 0.05) is 5.69 Å². The van der Waals surface area contributed by atoms with Crippen LogP contribution < -0.4 is 5.73 Å². The van der Waals surface area contributed by atoms with Gasteiger partial charge in [0.25, 0.3) is 0 Å². The number of primary amides is 1. The number of nitrogens with zero attached hydrogens (tertiary/aromatic N) is 2. The molecule has 2 rings (SSSR count). The number of hydrogen-bond donors (Lipinski definition) is 1. The molecule has 1 heterocycles. The average Bonchev–Trinajstić information content (AvgIpc) is 2.35. The molecule has 0 aromatic carbocycles. The number of pyridine rings is 1. The zero-order chi connectivity index (χ0) is 13.1. The number of aromatic nitrogens is 1. The van der Waals surface area contributed by atoms with Crippen LogP contribution >= 0.6 is 11.8 Å². The molecule has 1 aromatic rings. The van der Waals surface area contributed by atoms with Gasteiger partial charge in [-0.25, -0.2) is 4.98 Å². The van der Waals surface area contributed by atoms with Crippen LogP contribution in [0.2, 0.25) is 0 Å². The molecular formula is C13H15N3OS. The van der Waals surface area contributed by atoms with Crippen LogP contribution in [-0.4, -0.2) is 16.6 Å².